The van der Waals surface area contributed by atoms with Gasteiger partial charge in [-0.05, 0) is 24.3 Å². The first-order valence-electron chi connectivity index (χ1n) is 6.95. The van der Waals surface area contributed by atoms with E-state index in [1.54, 1.807) is 0 Å². The summed E-state index contributed by atoms with van der Waals surface area (Å²) in [5.74, 6) is 0.203. The van der Waals surface area contributed by atoms with Gasteiger partial charge in [-0.15, -0.1) is 0 Å². The number of hydrazone groups is 1. The Kier molecular flexibility index (Phi) is 3.50. The molecular formula is C15H17N3O2. The van der Waals surface area contributed by atoms with Crippen LogP contribution < -0.4 is 10.7 Å². The monoisotopic (exact) mass is 271 g/mol. The predicted octanol–water partition coefficient (Wildman–Crippen LogP) is 1.52. The minimum atomic E-state index is -0.175. The second-order valence-corrected chi connectivity index (χ2v) is 5.29. The molecule has 0 aromatic heterocycles. The van der Waals surface area contributed by atoms with Crippen molar-refractivity contribution in [1.29, 1.82) is 0 Å². The largest absolute Gasteiger partial charge is 0.344 e. The first kappa shape index (κ1) is 12.8. The Morgan fingerprint density at radius 3 is 2.60 bits per heavy atom. The van der Waals surface area contributed by atoms with E-state index in [-0.39, 0.29) is 17.9 Å². The van der Waals surface area contributed by atoms with Gasteiger partial charge in [-0.2, -0.15) is 5.10 Å². The van der Waals surface area contributed by atoms with Crippen LogP contribution >= 0.6 is 0 Å². The lowest BCUT2D eigenvalue weighted by Crippen LogP contribution is -2.39. The molecule has 0 spiro atoms. The van der Waals surface area contributed by atoms with Crippen LogP contribution in [0.2, 0.25) is 0 Å². The summed E-state index contributed by atoms with van der Waals surface area (Å²) in [6.45, 7) is 0. The lowest BCUT2D eigenvalue weighted by atomic mass is 10.0. The van der Waals surface area contributed by atoms with E-state index in [2.05, 4.69) is 15.8 Å². The molecule has 1 aliphatic carbocycles. The van der Waals surface area contributed by atoms with E-state index in [9.17, 15) is 9.59 Å². The normalized spacial score (nSPS) is 19.8. The number of nitrogens with zero attached hydrogens (tertiary/aromatic N) is 1. The van der Waals surface area contributed by atoms with Gasteiger partial charge in [0.25, 0.3) is 5.91 Å². The van der Waals surface area contributed by atoms with E-state index in [0.717, 1.165) is 18.4 Å². The van der Waals surface area contributed by atoms with Crippen LogP contribution in [0.1, 0.15) is 37.3 Å². The van der Waals surface area contributed by atoms with Gasteiger partial charge < -0.3 is 5.32 Å². The molecule has 1 heterocycles. The summed E-state index contributed by atoms with van der Waals surface area (Å²) in [7, 11) is 0. The smallest absolute Gasteiger partial charge is 0.267 e. The van der Waals surface area contributed by atoms with Gasteiger partial charge >= 0.3 is 0 Å². The van der Waals surface area contributed by atoms with Crippen LogP contribution in [-0.4, -0.2) is 17.5 Å². The van der Waals surface area contributed by atoms with Crippen LogP contribution in [0.3, 0.4) is 0 Å². The zero-order chi connectivity index (χ0) is 13.9. The second-order valence-electron chi connectivity index (χ2n) is 5.29. The molecule has 0 bridgehead atoms. The highest BCUT2D eigenvalue weighted by molar-refractivity contribution is 6.39. The van der Waals surface area contributed by atoms with Crippen LogP contribution in [0.4, 0.5) is 0 Å². The molecule has 1 aromatic carbocycles. The fourth-order valence-corrected chi connectivity index (χ4v) is 2.43. The van der Waals surface area contributed by atoms with Crippen molar-refractivity contribution in [2.75, 3.05) is 0 Å². The molecule has 2 amide bonds. The van der Waals surface area contributed by atoms with E-state index in [0.29, 0.717) is 24.5 Å². The summed E-state index contributed by atoms with van der Waals surface area (Å²) in [6.07, 6.45) is 3.02. The number of rotatable bonds is 4. The number of carbonyl (C=O) groups is 2. The quantitative estimate of drug-likeness (QED) is 0.871. The maximum absolute atomic E-state index is 12.2. The zero-order valence-electron chi connectivity index (χ0n) is 11.1. The van der Waals surface area contributed by atoms with E-state index < -0.39 is 0 Å². The summed E-state index contributed by atoms with van der Waals surface area (Å²) in [6, 6.07) is 10.0. The van der Waals surface area contributed by atoms with Crippen molar-refractivity contribution in [3.63, 3.8) is 0 Å². The molecule has 1 saturated carbocycles. The molecule has 3 rings (SSSR count). The number of hydrogen-bond donors (Lipinski definition) is 2. The molecule has 5 heteroatoms. The van der Waals surface area contributed by atoms with Gasteiger partial charge in [-0.3, -0.25) is 9.59 Å². The molecule has 1 aliphatic heterocycles. The van der Waals surface area contributed by atoms with Crippen molar-refractivity contribution in [3.8, 4) is 0 Å². The van der Waals surface area contributed by atoms with E-state index in [1.807, 2.05) is 30.3 Å². The van der Waals surface area contributed by atoms with Gasteiger partial charge in [-0.25, -0.2) is 5.43 Å². The maximum atomic E-state index is 12.2. The Bertz CT molecular complexity index is 549. The molecule has 5 nitrogen and oxygen atoms in total. The van der Waals surface area contributed by atoms with Crippen molar-refractivity contribution in [1.82, 2.24) is 10.7 Å². The summed E-state index contributed by atoms with van der Waals surface area (Å²) in [5.41, 5.74) is 3.90. The maximum Gasteiger partial charge on any atom is 0.267 e. The zero-order valence-corrected chi connectivity index (χ0v) is 11.1. The molecule has 1 fully saturated rings. The van der Waals surface area contributed by atoms with E-state index in [4.69, 9.17) is 0 Å². The molecular weight excluding hydrogens is 254 g/mol. The van der Waals surface area contributed by atoms with Gasteiger partial charge in [0.15, 0.2) is 0 Å². The highest BCUT2D eigenvalue weighted by Gasteiger charge is 2.34. The summed E-state index contributed by atoms with van der Waals surface area (Å²) < 4.78 is 0. The molecule has 1 aromatic rings. The molecule has 2 aliphatic rings. The fraction of sp³-hybridized carbons (Fsp3) is 0.400. The minimum Gasteiger partial charge on any atom is -0.344 e. The van der Waals surface area contributed by atoms with Crippen molar-refractivity contribution in [3.05, 3.63) is 35.9 Å². The van der Waals surface area contributed by atoms with Crippen LogP contribution in [0.5, 0.6) is 0 Å². The Morgan fingerprint density at radius 2 is 2.00 bits per heavy atom. The van der Waals surface area contributed by atoms with Crippen molar-refractivity contribution in [2.45, 2.75) is 31.7 Å². The van der Waals surface area contributed by atoms with Crippen LogP contribution in [0.15, 0.2) is 35.4 Å². The molecule has 20 heavy (non-hydrogen) atoms. The van der Waals surface area contributed by atoms with Gasteiger partial charge in [0.1, 0.15) is 5.71 Å². The Morgan fingerprint density at radius 1 is 1.25 bits per heavy atom. The predicted molar refractivity (Wildman–Crippen MR) is 74.9 cm³/mol. The fourth-order valence-electron chi connectivity index (χ4n) is 2.43. The molecule has 2 N–H and O–H groups in total. The highest BCUT2D eigenvalue weighted by Crippen LogP contribution is 2.40. The number of hydrogen-bond acceptors (Lipinski definition) is 3. The average molecular weight is 271 g/mol. The summed E-state index contributed by atoms with van der Waals surface area (Å²) >= 11 is 0. The minimum absolute atomic E-state index is 0.0454. The molecule has 0 saturated heterocycles. The Labute approximate surface area is 117 Å². The number of amides is 2. The third kappa shape index (κ3) is 2.87. The van der Waals surface area contributed by atoms with Gasteiger partial charge in [-0.1, -0.05) is 30.3 Å². The molecule has 0 radical (unpaired) electrons. The highest BCUT2D eigenvalue weighted by atomic mass is 16.2. The third-order valence-corrected chi connectivity index (χ3v) is 3.71. The third-order valence-electron chi connectivity index (χ3n) is 3.71. The number of benzene rings is 1. The van der Waals surface area contributed by atoms with Gasteiger partial charge in [0.05, 0.1) is 6.04 Å². The lowest BCUT2D eigenvalue weighted by Gasteiger charge is -2.20. The van der Waals surface area contributed by atoms with Crippen LogP contribution in [0, 0.1) is 5.92 Å². The first-order chi connectivity index (χ1) is 9.74. The van der Waals surface area contributed by atoms with E-state index in [1.165, 1.54) is 0 Å². The average Bonchev–Trinajstić information content (AvgIpc) is 3.31. The summed E-state index contributed by atoms with van der Waals surface area (Å²) in [4.78, 5) is 23.3. The molecule has 1 atom stereocenters. The van der Waals surface area contributed by atoms with Crippen molar-refractivity contribution in [2.24, 2.45) is 11.0 Å². The van der Waals surface area contributed by atoms with Crippen LogP contribution in [-0.2, 0) is 9.59 Å². The Balaban J connectivity index is 1.71. The second kappa shape index (κ2) is 5.45. The van der Waals surface area contributed by atoms with Crippen molar-refractivity contribution >= 4 is 17.5 Å². The standard InChI is InChI=1S/C15H17N3O2/c19-13-9-8-12(17-18-13)15(20)16-14(11-6-7-11)10-4-2-1-3-5-10/h1-5,11,14H,6-9H2,(H,16,20)(H,18,19). The Hall–Kier alpha value is -2.17. The van der Waals surface area contributed by atoms with E-state index >= 15 is 0 Å². The topological polar surface area (TPSA) is 70.6 Å². The molecule has 104 valence electrons. The molecule has 1 unspecified atom stereocenters. The number of nitrogens with one attached hydrogen (secondary N) is 2. The SMILES string of the molecule is O=C1CCC(C(=O)NC(c2ccccc2)C2CC2)=NN1. The van der Waals surface area contributed by atoms with Crippen molar-refractivity contribution < 1.29 is 9.59 Å². The lowest BCUT2D eigenvalue weighted by molar-refractivity contribution is -0.121. The number of carbonyl (C=O) groups excluding carboxylic acids is 2. The summed E-state index contributed by atoms with van der Waals surface area (Å²) in [5, 5.41) is 6.90. The van der Waals surface area contributed by atoms with Gasteiger partial charge in [0, 0.05) is 12.8 Å². The first-order valence-corrected chi connectivity index (χ1v) is 6.95. The van der Waals surface area contributed by atoms with Crippen LogP contribution in [0.25, 0.3) is 0 Å². The van der Waals surface area contributed by atoms with Gasteiger partial charge in [0.2, 0.25) is 5.91 Å².